The van der Waals surface area contributed by atoms with E-state index in [1.165, 1.54) is 15.9 Å². The first-order valence-corrected chi connectivity index (χ1v) is 17.1. The molecule has 4 rings (SSSR count). The molecule has 0 saturated carbocycles. The Bertz CT molecular complexity index is 1470. The Balaban J connectivity index is 1.41. The fraction of sp³-hybridized carbons (Fsp3) is 0.176. The molecule has 0 saturated heterocycles. The molecule has 0 bridgehead atoms. The molecule has 0 fully saturated rings. The van der Waals surface area contributed by atoms with Gasteiger partial charge < -0.3 is 15.4 Å². The van der Waals surface area contributed by atoms with Gasteiger partial charge in [-0.15, -0.1) is 0 Å². The van der Waals surface area contributed by atoms with E-state index < -0.39 is 7.26 Å². The second-order valence-electron chi connectivity index (χ2n) is 9.94. The zero-order valence-corrected chi connectivity index (χ0v) is 27.7. The molecule has 0 aliphatic rings. The summed E-state index contributed by atoms with van der Waals surface area (Å²) in [6.07, 6.45) is 0.571. The van der Waals surface area contributed by atoms with Gasteiger partial charge in [0.2, 0.25) is 0 Å². The van der Waals surface area contributed by atoms with Gasteiger partial charge in [-0.2, -0.15) is 10.2 Å². The summed E-state index contributed by atoms with van der Waals surface area (Å²) in [5, 5.41) is 19.7. The maximum atomic E-state index is 6.43. The number of benzene rings is 4. The van der Waals surface area contributed by atoms with Crippen molar-refractivity contribution in [1.82, 2.24) is 21.5 Å². The largest absolute Gasteiger partial charge is 0.364 e. The van der Waals surface area contributed by atoms with Crippen molar-refractivity contribution in [2.45, 2.75) is 13.8 Å². The first kappa shape index (κ1) is 32.9. The molecule has 226 valence electrons. The lowest BCUT2D eigenvalue weighted by atomic mass is 10.1. The summed E-state index contributed by atoms with van der Waals surface area (Å²) >= 11 is 10.7. The van der Waals surface area contributed by atoms with Crippen LogP contribution in [-0.4, -0.2) is 48.2 Å². The van der Waals surface area contributed by atoms with Gasteiger partial charge in [-0.05, 0) is 74.7 Å². The summed E-state index contributed by atoms with van der Waals surface area (Å²) in [5.41, 5.74) is 9.12. The van der Waals surface area contributed by atoms with Gasteiger partial charge in [0.1, 0.15) is 28.9 Å². The van der Waals surface area contributed by atoms with Crippen LogP contribution in [0, 0.1) is 6.92 Å². The van der Waals surface area contributed by atoms with Gasteiger partial charge in [0.05, 0.1) is 12.3 Å². The predicted octanol–water partition coefficient (Wildman–Crippen LogP) is 4.60. The van der Waals surface area contributed by atoms with E-state index in [1.807, 2.05) is 38.1 Å². The number of hydrogen-bond acceptors (Lipinski definition) is 5. The number of hydrazone groups is 2. The average Bonchev–Trinajstić information content (AvgIpc) is 3.07. The summed E-state index contributed by atoms with van der Waals surface area (Å²) < 4.78 is 6.43. The normalized spacial score (nSPS) is 11.9. The molecule has 4 N–H and O–H groups in total. The second kappa shape index (κ2) is 16.7. The Morgan fingerprint density at radius 1 is 0.705 bits per heavy atom. The summed E-state index contributed by atoms with van der Waals surface area (Å²) in [4.78, 5) is 0. The highest BCUT2D eigenvalue weighted by Crippen LogP contribution is 2.55. The quantitative estimate of drug-likeness (QED) is 0.0592. The van der Waals surface area contributed by atoms with Crippen LogP contribution in [0.5, 0.6) is 0 Å². The number of nitrogens with one attached hydrogen (secondary N) is 4. The molecule has 4 aromatic carbocycles. The Hall–Kier alpha value is -4.01. The molecule has 44 heavy (non-hydrogen) atoms. The van der Waals surface area contributed by atoms with Crippen molar-refractivity contribution in [1.29, 1.82) is 0 Å². The number of rotatable bonds is 12. The Morgan fingerprint density at radius 3 is 1.70 bits per heavy atom. The van der Waals surface area contributed by atoms with Gasteiger partial charge in [-0.1, -0.05) is 84.4 Å². The molecule has 0 aliphatic heterocycles. The van der Waals surface area contributed by atoms with Gasteiger partial charge in [0, 0.05) is 19.2 Å². The highest BCUT2D eigenvalue weighted by molar-refractivity contribution is 7.95. The van der Waals surface area contributed by atoms with Crippen LogP contribution in [-0.2, 0) is 4.74 Å². The molecule has 0 aromatic heterocycles. The lowest BCUT2D eigenvalue weighted by Crippen LogP contribution is -2.37. The number of nitrogens with zero attached hydrogens (tertiary/aromatic N) is 2. The minimum absolute atomic E-state index is 0.394. The maximum absolute atomic E-state index is 6.43. The topological polar surface area (TPSA) is 82.1 Å². The maximum Gasteiger partial charge on any atom is 0.187 e. The molecule has 0 unspecified atom stereocenters. The molecule has 10 heteroatoms. The van der Waals surface area contributed by atoms with E-state index in [0.29, 0.717) is 41.1 Å². The molecule has 0 aliphatic carbocycles. The Labute approximate surface area is 271 Å². The van der Waals surface area contributed by atoms with Crippen LogP contribution in [0.15, 0.2) is 125 Å². The van der Waals surface area contributed by atoms with Crippen molar-refractivity contribution >= 4 is 69.3 Å². The number of thiocarbonyl (C=S) groups is 2. The third kappa shape index (κ3) is 8.77. The average molecular weight is 642 g/mol. The Morgan fingerprint density at radius 2 is 1.20 bits per heavy atom. The van der Waals surface area contributed by atoms with Crippen molar-refractivity contribution in [3.05, 3.63) is 126 Å². The van der Waals surface area contributed by atoms with E-state index >= 15 is 0 Å². The molecule has 0 radical (unpaired) electrons. The lowest BCUT2D eigenvalue weighted by Gasteiger charge is -2.27. The van der Waals surface area contributed by atoms with Gasteiger partial charge in [0.15, 0.2) is 16.6 Å². The summed E-state index contributed by atoms with van der Waals surface area (Å²) in [6.45, 7) is 4.90. The van der Waals surface area contributed by atoms with Crippen molar-refractivity contribution < 1.29 is 4.74 Å². The smallest absolute Gasteiger partial charge is 0.187 e. The molecule has 0 atom stereocenters. The molecule has 7 nitrogen and oxygen atoms in total. The SMILES string of the molecule is CNC(=S)N/N=C(/C(C)=N/NC(=S)NCCOC[P+](c1ccccc1)(c1ccccc1)c1ccccc1)c1ccc(C)cc1. The van der Waals surface area contributed by atoms with Crippen molar-refractivity contribution in [2.75, 3.05) is 26.5 Å². The highest BCUT2D eigenvalue weighted by Gasteiger charge is 2.45. The minimum atomic E-state index is -2.06. The van der Waals surface area contributed by atoms with Crippen LogP contribution in [0.2, 0.25) is 0 Å². The number of ether oxygens (including phenoxy) is 1. The third-order valence-corrected chi connectivity index (χ3v) is 11.5. The van der Waals surface area contributed by atoms with E-state index in [9.17, 15) is 0 Å². The molecule has 0 amide bonds. The van der Waals surface area contributed by atoms with E-state index in [0.717, 1.165) is 11.1 Å². The summed E-state index contributed by atoms with van der Waals surface area (Å²) in [6, 6.07) is 40.1. The fourth-order valence-electron chi connectivity index (χ4n) is 4.61. The molecule has 4 aromatic rings. The fourth-order valence-corrected chi connectivity index (χ4v) is 8.59. The molecule has 0 heterocycles. The first-order chi connectivity index (χ1) is 21.4. The highest BCUT2D eigenvalue weighted by atomic mass is 32.1. The van der Waals surface area contributed by atoms with Crippen LogP contribution >= 0.6 is 31.7 Å². The standard InChI is InChI=1S/C34H37N6OPS2/c1-26-19-21-28(22-20-26)32(38-39-33(43)35-3)27(2)37-40-34(44)36-23-24-41-25-42(29-13-7-4-8-14-29,30-15-9-5-10-16-30)31-17-11-6-12-18-31/h4-22H,23-25H2,1-3H3,(H3-,35,36,37,38,39,40,43,44)/p+1. The summed E-state index contributed by atoms with van der Waals surface area (Å²) in [7, 11) is -0.320. The zero-order valence-electron chi connectivity index (χ0n) is 25.2. The van der Waals surface area contributed by atoms with E-state index in [4.69, 9.17) is 29.2 Å². The van der Waals surface area contributed by atoms with E-state index in [2.05, 4.69) is 123 Å². The van der Waals surface area contributed by atoms with Crippen molar-refractivity contribution in [3.8, 4) is 0 Å². The van der Waals surface area contributed by atoms with Crippen LogP contribution in [0.25, 0.3) is 0 Å². The summed E-state index contributed by atoms with van der Waals surface area (Å²) in [5.74, 6) is 0. The first-order valence-electron chi connectivity index (χ1n) is 14.3. The van der Waals surface area contributed by atoms with Gasteiger partial charge in [0.25, 0.3) is 0 Å². The van der Waals surface area contributed by atoms with Crippen LogP contribution in [0.1, 0.15) is 18.1 Å². The third-order valence-electron chi connectivity index (χ3n) is 6.90. The monoisotopic (exact) mass is 641 g/mol. The minimum Gasteiger partial charge on any atom is -0.364 e. The van der Waals surface area contributed by atoms with E-state index in [-0.39, 0.29) is 0 Å². The van der Waals surface area contributed by atoms with Gasteiger partial charge in [-0.3, -0.25) is 10.9 Å². The van der Waals surface area contributed by atoms with Crippen LogP contribution in [0.4, 0.5) is 0 Å². The Kier molecular flexibility index (Phi) is 12.5. The molecular formula is C34H38N6OPS2+. The van der Waals surface area contributed by atoms with Crippen LogP contribution < -0.4 is 37.4 Å². The van der Waals surface area contributed by atoms with Crippen molar-refractivity contribution in [2.24, 2.45) is 10.2 Å². The lowest BCUT2D eigenvalue weighted by molar-refractivity contribution is 0.185. The zero-order chi connectivity index (χ0) is 31.2. The van der Waals surface area contributed by atoms with Crippen molar-refractivity contribution in [3.63, 3.8) is 0 Å². The molecular weight excluding hydrogens is 604 g/mol. The van der Waals surface area contributed by atoms with E-state index in [1.54, 1.807) is 7.05 Å². The predicted molar refractivity (Wildman–Crippen MR) is 195 cm³/mol. The van der Waals surface area contributed by atoms with Gasteiger partial charge in [-0.25, -0.2) is 0 Å². The number of hydrogen-bond donors (Lipinski definition) is 4. The molecule has 0 spiro atoms. The van der Waals surface area contributed by atoms with Crippen LogP contribution in [0.3, 0.4) is 0 Å². The second-order valence-corrected chi connectivity index (χ2v) is 14.2. The number of aryl methyl sites for hydroxylation is 1. The van der Waals surface area contributed by atoms with Gasteiger partial charge >= 0.3 is 0 Å².